The number of hydrogen-bond donors (Lipinski definition) is 1. The molecule has 0 spiro atoms. The molecule has 2 aromatic rings. The number of carbonyl (C=O) groups is 1. The third-order valence-corrected chi connectivity index (χ3v) is 4.96. The van der Waals surface area contributed by atoms with Gasteiger partial charge in [-0.15, -0.1) is 11.3 Å². The van der Waals surface area contributed by atoms with E-state index < -0.39 is 0 Å². The molecule has 4 nitrogen and oxygen atoms in total. The van der Waals surface area contributed by atoms with Gasteiger partial charge in [0.25, 0.3) is 0 Å². The highest BCUT2D eigenvalue weighted by Crippen LogP contribution is 2.22. The predicted octanol–water partition coefficient (Wildman–Crippen LogP) is 2.78. The highest BCUT2D eigenvalue weighted by Gasteiger charge is 2.25. The Bertz CT molecular complexity index is 627. The minimum Gasteiger partial charge on any atom is -0.352 e. The highest BCUT2D eigenvalue weighted by atomic mass is 32.1. The number of carbonyl (C=O) groups excluding carboxylic acids is 1. The Balaban J connectivity index is 1.46. The molecule has 22 heavy (non-hydrogen) atoms. The van der Waals surface area contributed by atoms with Gasteiger partial charge in [0.2, 0.25) is 5.91 Å². The summed E-state index contributed by atoms with van der Waals surface area (Å²) in [6, 6.07) is 8.50. The van der Waals surface area contributed by atoms with Crippen LogP contribution < -0.4 is 10.2 Å². The van der Waals surface area contributed by atoms with E-state index in [1.807, 2.05) is 23.7 Å². The van der Waals surface area contributed by atoms with Crippen LogP contribution in [0.4, 0.5) is 5.13 Å². The second-order valence-electron chi connectivity index (χ2n) is 5.74. The molecule has 1 aliphatic rings. The van der Waals surface area contributed by atoms with Gasteiger partial charge in [-0.25, -0.2) is 4.98 Å². The number of benzene rings is 1. The van der Waals surface area contributed by atoms with Crippen molar-refractivity contribution in [1.29, 1.82) is 0 Å². The van der Waals surface area contributed by atoms with Crippen molar-refractivity contribution in [3.63, 3.8) is 0 Å². The van der Waals surface area contributed by atoms with Gasteiger partial charge in [0, 0.05) is 37.1 Å². The maximum Gasteiger partial charge on any atom is 0.220 e. The Morgan fingerprint density at radius 2 is 2.32 bits per heavy atom. The normalized spacial score (nSPS) is 17.7. The number of nitrogens with zero attached hydrogens (tertiary/aromatic N) is 2. The summed E-state index contributed by atoms with van der Waals surface area (Å²) < 4.78 is 0. The lowest BCUT2D eigenvalue weighted by atomic mass is 10.0. The van der Waals surface area contributed by atoms with E-state index in [1.165, 1.54) is 11.1 Å². The minimum atomic E-state index is 0.147. The van der Waals surface area contributed by atoms with Gasteiger partial charge < -0.3 is 10.2 Å². The quantitative estimate of drug-likeness (QED) is 0.923. The lowest BCUT2D eigenvalue weighted by Gasteiger charge is -2.16. The van der Waals surface area contributed by atoms with Crippen molar-refractivity contribution in [2.45, 2.75) is 32.2 Å². The summed E-state index contributed by atoms with van der Waals surface area (Å²) in [5, 5.41) is 6.20. The van der Waals surface area contributed by atoms with E-state index in [1.54, 1.807) is 11.3 Å². The molecule has 1 fully saturated rings. The van der Waals surface area contributed by atoms with Crippen LogP contribution in [0.3, 0.4) is 0 Å². The number of rotatable bonds is 5. The van der Waals surface area contributed by atoms with Crippen LogP contribution in [0.1, 0.15) is 24.0 Å². The lowest BCUT2D eigenvalue weighted by Crippen LogP contribution is -2.37. The van der Waals surface area contributed by atoms with Crippen LogP contribution in [0.2, 0.25) is 0 Å². The van der Waals surface area contributed by atoms with Crippen LogP contribution in [0.25, 0.3) is 0 Å². The highest BCUT2D eigenvalue weighted by molar-refractivity contribution is 7.13. The maximum absolute atomic E-state index is 12.1. The summed E-state index contributed by atoms with van der Waals surface area (Å²) >= 11 is 1.65. The minimum absolute atomic E-state index is 0.147. The summed E-state index contributed by atoms with van der Waals surface area (Å²) in [4.78, 5) is 18.7. The van der Waals surface area contributed by atoms with Crippen molar-refractivity contribution in [3.8, 4) is 0 Å². The summed E-state index contributed by atoms with van der Waals surface area (Å²) in [5.74, 6) is 0.147. The molecule has 0 aliphatic carbocycles. The fourth-order valence-electron chi connectivity index (χ4n) is 2.86. The molecular formula is C17H21N3OS. The molecule has 1 atom stereocenters. The van der Waals surface area contributed by atoms with E-state index in [0.717, 1.165) is 31.1 Å². The molecule has 1 N–H and O–H groups in total. The van der Waals surface area contributed by atoms with Crippen LogP contribution in [0.15, 0.2) is 35.8 Å². The van der Waals surface area contributed by atoms with Gasteiger partial charge in [-0.05, 0) is 30.9 Å². The topological polar surface area (TPSA) is 45.2 Å². The van der Waals surface area contributed by atoms with E-state index in [0.29, 0.717) is 6.42 Å². The molecule has 1 aromatic heterocycles. The Labute approximate surface area is 135 Å². The molecule has 5 heteroatoms. The van der Waals surface area contributed by atoms with Crippen molar-refractivity contribution in [2.24, 2.45) is 0 Å². The van der Waals surface area contributed by atoms with Gasteiger partial charge in [-0.3, -0.25) is 4.79 Å². The first-order chi connectivity index (χ1) is 10.7. The van der Waals surface area contributed by atoms with Crippen LogP contribution in [0, 0.1) is 6.92 Å². The van der Waals surface area contributed by atoms with Crippen molar-refractivity contribution >= 4 is 22.4 Å². The Morgan fingerprint density at radius 1 is 1.45 bits per heavy atom. The number of nitrogens with one attached hydrogen (secondary N) is 1. The number of anilines is 1. The van der Waals surface area contributed by atoms with E-state index in [9.17, 15) is 4.79 Å². The first-order valence-electron chi connectivity index (χ1n) is 7.70. The fraction of sp³-hybridized carbons (Fsp3) is 0.412. The molecule has 2 heterocycles. The Kier molecular flexibility index (Phi) is 4.73. The van der Waals surface area contributed by atoms with E-state index in [2.05, 4.69) is 34.3 Å². The third kappa shape index (κ3) is 3.65. The number of thiazole rings is 1. The molecule has 1 unspecified atom stereocenters. The molecule has 1 aliphatic heterocycles. The Hall–Kier alpha value is -1.88. The van der Waals surface area contributed by atoms with Crippen LogP contribution in [-0.4, -0.2) is 30.0 Å². The number of amides is 1. The van der Waals surface area contributed by atoms with Crippen molar-refractivity contribution in [2.75, 3.05) is 18.0 Å². The summed E-state index contributed by atoms with van der Waals surface area (Å²) in [6.45, 7) is 3.93. The first kappa shape index (κ1) is 15.0. The summed E-state index contributed by atoms with van der Waals surface area (Å²) in [6.07, 6.45) is 4.18. The molecule has 3 rings (SSSR count). The molecule has 1 amide bonds. The zero-order chi connectivity index (χ0) is 15.4. The summed E-state index contributed by atoms with van der Waals surface area (Å²) in [7, 11) is 0. The summed E-state index contributed by atoms with van der Waals surface area (Å²) in [5.41, 5.74) is 2.51. The van der Waals surface area contributed by atoms with Gasteiger partial charge in [-0.1, -0.05) is 24.3 Å². The van der Waals surface area contributed by atoms with Crippen LogP contribution in [-0.2, 0) is 11.2 Å². The monoisotopic (exact) mass is 315 g/mol. The molecule has 116 valence electrons. The van der Waals surface area contributed by atoms with E-state index >= 15 is 0 Å². The second kappa shape index (κ2) is 6.92. The van der Waals surface area contributed by atoms with Crippen molar-refractivity contribution < 1.29 is 4.79 Å². The third-order valence-electron chi connectivity index (χ3n) is 4.13. The van der Waals surface area contributed by atoms with Gasteiger partial charge in [-0.2, -0.15) is 0 Å². The molecular weight excluding hydrogens is 294 g/mol. The first-order valence-corrected chi connectivity index (χ1v) is 8.58. The van der Waals surface area contributed by atoms with Crippen LogP contribution >= 0.6 is 11.3 Å². The van der Waals surface area contributed by atoms with Gasteiger partial charge in [0.05, 0.1) is 0 Å². The van der Waals surface area contributed by atoms with Gasteiger partial charge >= 0.3 is 0 Å². The van der Waals surface area contributed by atoms with Crippen molar-refractivity contribution in [3.05, 3.63) is 47.0 Å². The number of aryl methyl sites for hydroxylation is 2. The number of aromatic nitrogens is 1. The molecule has 0 saturated carbocycles. The Morgan fingerprint density at radius 3 is 3.09 bits per heavy atom. The lowest BCUT2D eigenvalue weighted by molar-refractivity contribution is -0.121. The molecule has 0 bridgehead atoms. The van der Waals surface area contributed by atoms with E-state index in [-0.39, 0.29) is 11.9 Å². The zero-order valence-electron chi connectivity index (χ0n) is 12.8. The fourth-order valence-corrected chi connectivity index (χ4v) is 3.54. The average Bonchev–Trinajstić information content (AvgIpc) is 3.17. The van der Waals surface area contributed by atoms with E-state index in [4.69, 9.17) is 0 Å². The second-order valence-corrected chi connectivity index (χ2v) is 6.61. The zero-order valence-corrected chi connectivity index (χ0v) is 13.6. The molecule has 1 aromatic carbocycles. The van der Waals surface area contributed by atoms with Crippen LogP contribution in [0.5, 0.6) is 0 Å². The predicted molar refractivity (Wildman–Crippen MR) is 90.4 cm³/mol. The number of hydrogen-bond acceptors (Lipinski definition) is 4. The largest absolute Gasteiger partial charge is 0.352 e. The average molecular weight is 315 g/mol. The maximum atomic E-state index is 12.1. The van der Waals surface area contributed by atoms with Gasteiger partial charge in [0.15, 0.2) is 5.13 Å². The smallest absolute Gasteiger partial charge is 0.220 e. The molecule has 0 radical (unpaired) electrons. The standard InChI is InChI=1S/C17H21N3OS/c1-13-4-2-3-5-14(13)6-7-16(21)19-15-8-10-20(12-15)17-18-9-11-22-17/h2-5,9,11,15H,6-8,10,12H2,1H3,(H,19,21). The molecule has 1 saturated heterocycles. The van der Waals surface area contributed by atoms with Gasteiger partial charge in [0.1, 0.15) is 0 Å². The SMILES string of the molecule is Cc1ccccc1CCC(=O)NC1CCN(c2nccs2)C1. The van der Waals surface area contributed by atoms with Crippen molar-refractivity contribution in [1.82, 2.24) is 10.3 Å².